The Balaban J connectivity index is 1.10. The number of aryl methyl sites for hydroxylation is 2. The van der Waals surface area contributed by atoms with E-state index in [9.17, 15) is 0 Å². The van der Waals surface area contributed by atoms with Crippen LogP contribution in [0.15, 0.2) is 70.5 Å². The molecule has 0 radical (unpaired) electrons. The normalized spacial score (nSPS) is 19.8. The van der Waals surface area contributed by atoms with Gasteiger partial charge in [0.15, 0.2) is 5.78 Å². The number of hydrogen-bond donors (Lipinski definition) is 2. The van der Waals surface area contributed by atoms with E-state index in [0.29, 0.717) is 18.9 Å². The van der Waals surface area contributed by atoms with Gasteiger partial charge in [0.05, 0.1) is 48.3 Å². The van der Waals surface area contributed by atoms with Gasteiger partial charge in [0.1, 0.15) is 21.9 Å². The van der Waals surface area contributed by atoms with Gasteiger partial charge in [-0.1, -0.05) is 12.2 Å². The van der Waals surface area contributed by atoms with Crippen molar-refractivity contribution in [3.05, 3.63) is 126 Å². The number of rotatable bonds is 6. The highest BCUT2D eigenvalue weighted by Crippen LogP contribution is 2.30. The number of aromatic nitrogens is 6. The number of H-pyrrole nitrogens is 2. The summed E-state index contributed by atoms with van der Waals surface area (Å²) >= 11 is 0. The lowest BCUT2D eigenvalue weighted by molar-refractivity contribution is -0.126. The van der Waals surface area contributed by atoms with E-state index in [1.54, 1.807) is 12.7 Å². The first-order valence-electron chi connectivity index (χ1n) is 18.8. The van der Waals surface area contributed by atoms with Gasteiger partial charge < -0.3 is 19.1 Å². The van der Waals surface area contributed by atoms with E-state index in [1.165, 1.54) is 32.7 Å². The average Bonchev–Trinajstić information content (AvgIpc) is 4.00. The van der Waals surface area contributed by atoms with Crippen molar-refractivity contribution >= 4 is 17.9 Å². The third-order valence-electron chi connectivity index (χ3n) is 12.1. The highest BCUT2D eigenvalue weighted by molar-refractivity contribution is 5.98. The molecule has 2 saturated heterocycles. The first-order chi connectivity index (χ1) is 25.5. The summed E-state index contributed by atoms with van der Waals surface area (Å²) < 4.78 is 4.16. The molecule has 2 fully saturated rings. The second-order valence-corrected chi connectivity index (χ2v) is 15.0. The van der Waals surface area contributed by atoms with E-state index in [0.717, 1.165) is 108 Å². The van der Waals surface area contributed by atoms with Gasteiger partial charge in [-0.25, -0.2) is 9.97 Å². The summed E-state index contributed by atoms with van der Waals surface area (Å²) in [6.45, 7) is 5.03. The van der Waals surface area contributed by atoms with Crippen LogP contribution in [0.2, 0.25) is 0 Å². The van der Waals surface area contributed by atoms with Crippen molar-refractivity contribution in [3.8, 4) is 0 Å². The Morgan fingerprint density at radius 3 is 1.54 bits per heavy atom. The summed E-state index contributed by atoms with van der Waals surface area (Å²) in [5.41, 5.74) is 10.9. The molecule has 0 amide bonds. The van der Waals surface area contributed by atoms with E-state index in [4.69, 9.17) is 9.98 Å². The lowest BCUT2D eigenvalue weighted by Gasteiger charge is -2.36. The molecule has 2 unspecified atom stereocenters. The fourth-order valence-corrected chi connectivity index (χ4v) is 9.49. The topological polar surface area (TPSA) is 115 Å². The Labute approximate surface area is 300 Å². The molecular weight excluding hydrogens is 649 g/mol. The third-order valence-corrected chi connectivity index (χ3v) is 12.1. The quantitative estimate of drug-likeness (QED) is 0.318. The molecule has 10 aliphatic rings. The van der Waals surface area contributed by atoms with Gasteiger partial charge in [0.2, 0.25) is 0 Å². The largest absolute Gasteiger partial charge is 0.335 e. The van der Waals surface area contributed by atoms with Crippen LogP contribution < -0.4 is 21.4 Å². The minimum Gasteiger partial charge on any atom is -0.335 e. The summed E-state index contributed by atoms with van der Waals surface area (Å²) in [5.74, 6) is 0.297. The number of nitrogens with zero attached hydrogens (tertiary/aromatic N) is 8. The lowest BCUT2D eigenvalue weighted by atomic mass is 9.85. The molecule has 264 valence electrons. The van der Waals surface area contributed by atoms with Gasteiger partial charge in [-0.3, -0.25) is 24.6 Å². The number of aromatic amines is 2. The SMILES string of the molecule is Cn1ccc2c(c3c4c([nH]cnc1=4)=NC3)CC=C(C(C(=O)C(C1=CCc3c4c5c([nH]cnc=5n(C)ccc3=C1)=NC4)N1CCCC1)N1CCCC1)C=2. The van der Waals surface area contributed by atoms with Crippen molar-refractivity contribution < 1.29 is 4.79 Å². The number of nitrogens with one attached hydrogen (secondary N) is 2. The summed E-state index contributed by atoms with van der Waals surface area (Å²) in [6.07, 6.45) is 22.9. The Bertz CT molecular complexity index is 2540. The van der Waals surface area contributed by atoms with Crippen LogP contribution in [0.4, 0.5) is 0 Å². The summed E-state index contributed by atoms with van der Waals surface area (Å²) in [7, 11) is 4.09. The number of hydrogen-bond acceptors (Lipinski definition) is 7. The first kappa shape index (κ1) is 31.6. The Morgan fingerprint density at radius 1 is 0.654 bits per heavy atom. The highest BCUT2D eigenvalue weighted by Gasteiger charge is 2.40. The molecule has 0 aromatic heterocycles. The Kier molecular flexibility index (Phi) is 7.61. The minimum atomic E-state index is -0.308. The predicted octanol–water partition coefficient (Wildman–Crippen LogP) is 1.50. The van der Waals surface area contributed by atoms with E-state index in [1.807, 2.05) is 14.1 Å². The monoisotopic (exact) mass is 692 g/mol. The van der Waals surface area contributed by atoms with Crippen molar-refractivity contribution in [2.75, 3.05) is 26.2 Å². The number of likely N-dealkylation sites (tertiary alicyclic amines) is 2. The van der Waals surface area contributed by atoms with Gasteiger partial charge in [-0.05, 0) is 133 Å². The number of allylic oxidation sites excluding steroid dienone is 2. The average molecular weight is 693 g/mol. The molecule has 8 heterocycles. The van der Waals surface area contributed by atoms with Crippen LogP contribution in [-0.2, 0) is 44.8 Å². The maximum absolute atomic E-state index is 15.5. The number of carbonyl (C=O) groups is 1. The molecule has 11 heteroatoms. The van der Waals surface area contributed by atoms with Crippen LogP contribution in [0.25, 0.3) is 12.2 Å². The number of carbonyl (C=O) groups excluding carboxylic acids is 1. The van der Waals surface area contributed by atoms with Crippen molar-refractivity contribution in [2.24, 2.45) is 24.1 Å². The maximum Gasteiger partial charge on any atom is 0.176 e. The van der Waals surface area contributed by atoms with Crippen molar-refractivity contribution in [3.63, 3.8) is 0 Å². The molecule has 0 aromatic carbocycles. The third kappa shape index (κ3) is 5.04. The molecule has 0 spiro atoms. The molecule has 2 aliphatic carbocycles. The van der Waals surface area contributed by atoms with Crippen LogP contribution in [0.3, 0.4) is 0 Å². The predicted molar refractivity (Wildman–Crippen MR) is 197 cm³/mol. The smallest absolute Gasteiger partial charge is 0.176 e. The lowest BCUT2D eigenvalue weighted by Crippen LogP contribution is -2.52. The van der Waals surface area contributed by atoms with Gasteiger partial charge >= 0.3 is 0 Å². The number of Topliss-reactive ketones (excluding diaryl/α,β-unsaturated/α-hetero) is 1. The van der Waals surface area contributed by atoms with Gasteiger partial charge in [-0.15, -0.1) is 0 Å². The fourth-order valence-electron chi connectivity index (χ4n) is 9.49. The number of ketones is 1. The molecule has 0 bridgehead atoms. The Hall–Kier alpha value is -5.13. The molecule has 2 atom stereocenters. The van der Waals surface area contributed by atoms with E-state index < -0.39 is 0 Å². The maximum atomic E-state index is 15.5. The number of fused-ring (bicyclic) bond motifs is 4. The Morgan fingerprint density at radius 2 is 1.10 bits per heavy atom. The van der Waals surface area contributed by atoms with Gasteiger partial charge in [-0.2, -0.15) is 0 Å². The molecule has 0 aromatic rings. The van der Waals surface area contributed by atoms with Crippen LogP contribution in [0.1, 0.15) is 47.9 Å². The van der Waals surface area contributed by atoms with Crippen molar-refractivity contribution in [1.29, 1.82) is 0 Å². The van der Waals surface area contributed by atoms with Crippen molar-refractivity contribution in [1.82, 2.24) is 38.9 Å². The zero-order valence-corrected chi connectivity index (χ0v) is 29.9. The van der Waals surface area contributed by atoms with E-state index >= 15 is 4.79 Å². The summed E-state index contributed by atoms with van der Waals surface area (Å²) in [6, 6.07) is 3.78. The molecule has 52 heavy (non-hydrogen) atoms. The molecule has 11 nitrogen and oxygen atoms in total. The molecule has 0 saturated carbocycles. The first-order valence-corrected chi connectivity index (χ1v) is 18.8. The summed E-state index contributed by atoms with van der Waals surface area (Å²) in [5, 5.41) is 4.52. The molecule has 2 N–H and O–H groups in total. The highest BCUT2D eigenvalue weighted by atomic mass is 16.1. The van der Waals surface area contributed by atoms with Crippen LogP contribution >= 0.6 is 0 Å². The molecule has 8 aliphatic heterocycles. The minimum absolute atomic E-state index is 0.297. The molecule has 10 rings (SSSR count). The fraction of sp³-hybridized carbons (Fsp3) is 0.390. The van der Waals surface area contributed by atoms with Crippen LogP contribution in [0, 0.1) is 21.4 Å². The van der Waals surface area contributed by atoms with E-state index in [-0.39, 0.29) is 12.1 Å². The van der Waals surface area contributed by atoms with E-state index in [2.05, 4.69) is 87.7 Å². The van der Waals surface area contributed by atoms with Crippen molar-refractivity contribution in [2.45, 2.75) is 63.7 Å². The van der Waals surface area contributed by atoms with Crippen LogP contribution in [-0.4, -0.2) is 82.9 Å². The second kappa shape index (κ2) is 12.5. The van der Waals surface area contributed by atoms with Gasteiger partial charge in [0, 0.05) is 26.5 Å². The van der Waals surface area contributed by atoms with Crippen LogP contribution in [0.5, 0.6) is 0 Å². The zero-order chi connectivity index (χ0) is 34.9. The standard InChI is InChI=1S/C41H44N10O/c1-48-17-11-25-19-27(7-9-29(25)31-21-42-38-33(31)40(48)46-23-44-38)35(50-13-3-4-14-50)37(52)36(51-15-5-6-16-51)28-8-10-30-26(20-28)12-18-49(2)41-34-32(30)22-43-39(34)45-24-47-41/h7-8,11-12,17-20,23-24,35-36H,3-6,9-10,13-16,21-22H2,1-2H3,(H,42,44,46)(H,43,45,47). The van der Waals surface area contributed by atoms with Gasteiger partial charge in [0.25, 0.3) is 0 Å². The molecular formula is C41H44N10O. The second-order valence-electron chi connectivity index (χ2n) is 15.0. The summed E-state index contributed by atoms with van der Waals surface area (Å²) in [4.78, 5) is 46.0. The zero-order valence-electron chi connectivity index (χ0n) is 29.9.